The first-order valence-electron chi connectivity index (χ1n) is 10.7. The monoisotopic (exact) mass is 452 g/mol. The van der Waals surface area contributed by atoms with E-state index in [-0.39, 0.29) is 42.5 Å². The highest BCUT2D eigenvalue weighted by atomic mass is 16.6. The summed E-state index contributed by atoms with van der Waals surface area (Å²) in [6, 6.07) is 6.90. The fourth-order valence-electron chi connectivity index (χ4n) is 4.19. The number of benzene rings is 1. The molecule has 2 aliphatic heterocycles. The molecule has 8 heteroatoms. The van der Waals surface area contributed by atoms with Gasteiger partial charge in [0.1, 0.15) is 29.3 Å². The molecule has 2 aliphatic rings. The number of unbranched alkanes of at least 4 members (excludes halogenated alkanes) is 1. The molecule has 33 heavy (non-hydrogen) atoms. The van der Waals surface area contributed by atoms with Crippen molar-refractivity contribution in [3.05, 3.63) is 77.9 Å². The number of cyclic esters (lactones) is 1. The Hall–Kier alpha value is -3.81. The number of fused-ring (bicyclic) bond motifs is 2. The standard InChI is InChI=1S/C25H28N2O6/c1-5-8-15-32-23(29)20-21(26)27(13-6-2)18-12-10-9-11-17(18)25(20)19(16(4)33-24(25)30)22(28)31-14-7-3/h6-7,9-12H,2-3,5,8,13-15,26H2,1,4H3. The lowest BCUT2D eigenvalue weighted by atomic mass is 9.66. The molecule has 8 nitrogen and oxygen atoms in total. The number of hydrogen-bond acceptors (Lipinski definition) is 8. The number of hydrogen-bond donors (Lipinski definition) is 1. The van der Waals surface area contributed by atoms with Crippen LogP contribution in [0.5, 0.6) is 0 Å². The zero-order chi connectivity index (χ0) is 24.2. The molecule has 0 aliphatic carbocycles. The molecule has 0 radical (unpaired) electrons. The van der Waals surface area contributed by atoms with Gasteiger partial charge in [0.05, 0.1) is 6.61 Å². The second-order valence-electron chi connectivity index (χ2n) is 7.62. The summed E-state index contributed by atoms with van der Waals surface area (Å²) in [5.41, 5.74) is 5.22. The number of allylic oxidation sites excluding steroid dienone is 1. The van der Waals surface area contributed by atoms with E-state index in [1.54, 1.807) is 35.2 Å². The Labute approximate surface area is 193 Å². The molecule has 3 rings (SSSR count). The third-order valence-electron chi connectivity index (χ3n) is 5.58. The lowest BCUT2D eigenvalue weighted by Gasteiger charge is -2.41. The van der Waals surface area contributed by atoms with E-state index in [1.807, 2.05) is 6.92 Å². The summed E-state index contributed by atoms with van der Waals surface area (Å²) in [4.78, 5) is 41.8. The number of carbonyl (C=O) groups excluding carboxylic acids is 3. The quantitative estimate of drug-likeness (QED) is 0.264. The molecule has 1 aromatic rings. The molecule has 0 bridgehead atoms. The first-order valence-corrected chi connectivity index (χ1v) is 10.7. The van der Waals surface area contributed by atoms with Crippen LogP contribution in [0.3, 0.4) is 0 Å². The molecule has 2 N–H and O–H groups in total. The first-order chi connectivity index (χ1) is 15.9. The van der Waals surface area contributed by atoms with Crippen molar-refractivity contribution < 1.29 is 28.6 Å². The van der Waals surface area contributed by atoms with Gasteiger partial charge in [0, 0.05) is 17.8 Å². The fraction of sp³-hybridized carbons (Fsp3) is 0.320. The van der Waals surface area contributed by atoms with E-state index >= 15 is 0 Å². The van der Waals surface area contributed by atoms with Gasteiger partial charge in [-0.15, -0.1) is 6.58 Å². The summed E-state index contributed by atoms with van der Waals surface area (Å²) >= 11 is 0. The molecule has 0 saturated heterocycles. The number of anilines is 1. The van der Waals surface area contributed by atoms with Gasteiger partial charge in [0.2, 0.25) is 0 Å². The van der Waals surface area contributed by atoms with Crippen molar-refractivity contribution in [2.45, 2.75) is 32.1 Å². The first kappa shape index (κ1) is 23.8. The van der Waals surface area contributed by atoms with Crippen molar-refractivity contribution in [1.29, 1.82) is 0 Å². The normalized spacial score (nSPS) is 19.3. The Morgan fingerprint density at radius 2 is 1.85 bits per heavy atom. The Bertz CT molecular complexity index is 1070. The van der Waals surface area contributed by atoms with Gasteiger partial charge in [-0.25, -0.2) is 14.4 Å². The Morgan fingerprint density at radius 1 is 1.15 bits per heavy atom. The summed E-state index contributed by atoms with van der Waals surface area (Å²) in [6.07, 6.45) is 4.46. The predicted molar refractivity (Wildman–Crippen MR) is 123 cm³/mol. The summed E-state index contributed by atoms with van der Waals surface area (Å²) in [5, 5.41) is 0. The minimum absolute atomic E-state index is 0.0178. The van der Waals surface area contributed by atoms with E-state index < -0.39 is 23.3 Å². The van der Waals surface area contributed by atoms with Crippen LogP contribution in [0.15, 0.2) is 72.3 Å². The van der Waals surface area contributed by atoms with Crippen molar-refractivity contribution in [2.75, 3.05) is 24.7 Å². The summed E-state index contributed by atoms with van der Waals surface area (Å²) in [6.45, 7) is 11.1. The van der Waals surface area contributed by atoms with Crippen LogP contribution >= 0.6 is 0 Å². The molecule has 1 unspecified atom stereocenters. The van der Waals surface area contributed by atoms with Crippen LogP contribution in [0.2, 0.25) is 0 Å². The van der Waals surface area contributed by atoms with E-state index in [1.165, 1.54) is 13.0 Å². The smallest absolute Gasteiger partial charge is 0.339 e. The zero-order valence-corrected chi connectivity index (χ0v) is 18.9. The number of carbonyl (C=O) groups is 3. The van der Waals surface area contributed by atoms with Gasteiger partial charge >= 0.3 is 17.9 Å². The molecule has 0 aromatic heterocycles. The van der Waals surface area contributed by atoms with E-state index in [9.17, 15) is 14.4 Å². The molecule has 1 aromatic carbocycles. The number of rotatable bonds is 9. The number of nitrogens with two attached hydrogens (primary N) is 1. The average molecular weight is 453 g/mol. The molecule has 0 amide bonds. The van der Waals surface area contributed by atoms with Crippen LogP contribution in [0.25, 0.3) is 0 Å². The van der Waals surface area contributed by atoms with E-state index in [4.69, 9.17) is 19.9 Å². The van der Waals surface area contributed by atoms with Gasteiger partial charge in [-0.3, -0.25) is 0 Å². The number of nitrogens with zero attached hydrogens (tertiary/aromatic N) is 1. The van der Waals surface area contributed by atoms with E-state index in [2.05, 4.69) is 13.2 Å². The van der Waals surface area contributed by atoms with Crippen LogP contribution in [-0.4, -0.2) is 37.7 Å². The highest BCUT2D eigenvalue weighted by Crippen LogP contribution is 2.54. The summed E-state index contributed by atoms with van der Waals surface area (Å²) in [7, 11) is 0. The van der Waals surface area contributed by atoms with Crippen molar-refractivity contribution in [1.82, 2.24) is 0 Å². The van der Waals surface area contributed by atoms with Gasteiger partial charge in [-0.1, -0.05) is 50.3 Å². The molecule has 174 valence electrons. The average Bonchev–Trinajstić information content (AvgIpc) is 3.05. The number of ether oxygens (including phenoxy) is 3. The van der Waals surface area contributed by atoms with Gasteiger partial charge in [-0.05, 0) is 19.4 Å². The minimum atomic E-state index is -1.93. The third kappa shape index (κ3) is 3.82. The topological polar surface area (TPSA) is 108 Å². The van der Waals surface area contributed by atoms with E-state index in [0.717, 1.165) is 6.42 Å². The van der Waals surface area contributed by atoms with Crippen LogP contribution in [-0.2, 0) is 34.0 Å². The molecule has 1 atom stereocenters. The van der Waals surface area contributed by atoms with Crippen molar-refractivity contribution >= 4 is 23.6 Å². The minimum Gasteiger partial charge on any atom is -0.462 e. The van der Waals surface area contributed by atoms with Gasteiger partial charge < -0.3 is 24.8 Å². The molecular weight excluding hydrogens is 424 g/mol. The number of para-hydroxylation sites is 1. The van der Waals surface area contributed by atoms with Crippen LogP contribution in [0.1, 0.15) is 32.3 Å². The van der Waals surface area contributed by atoms with Crippen molar-refractivity contribution in [3.8, 4) is 0 Å². The molecule has 2 heterocycles. The van der Waals surface area contributed by atoms with Gasteiger partial charge in [0.25, 0.3) is 0 Å². The van der Waals surface area contributed by atoms with Gasteiger partial charge in [-0.2, -0.15) is 0 Å². The fourth-order valence-corrected chi connectivity index (χ4v) is 4.19. The van der Waals surface area contributed by atoms with Crippen LogP contribution < -0.4 is 10.6 Å². The molecule has 0 fully saturated rings. The second kappa shape index (κ2) is 9.77. The third-order valence-corrected chi connectivity index (χ3v) is 5.58. The van der Waals surface area contributed by atoms with Gasteiger partial charge in [0.15, 0.2) is 5.41 Å². The largest absolute Gasteiger partial charge is 0.462 e. The van der Waals surface area contributed by atoms with Crippen molar-refractivity contribution in [2.24, 2.45) is 5.73 Å². The molecule has 0 saturated carbocycles. The van der Waals surface area contributed by atoms with E-state index in [0.29, 0.717) is 17.7 Å². The maximum Gasteiger partial charge on any atom is 0.339 e. The molecular formula is C25H28N2O6. The van der Waals surface area contributed by atoms with Crippen LogP contribution in [0.4, 0.5) is 5.69 Å². The second-order valence-corrected chi connectivity index (χ2v) is 7.62. The number of esters is 3. The Morgan fingerprint density at radius 3 is 2.52 bits per heavy atom. The maximum absolute atomic E-state index is 13.5. The van der Waals surface area contributed by atoms with Crippen molar-refractivity contribution in [3.63, 3.8) is 0 Å². The Kier molecular flexibility index (Phi) is 7.06. The summed E-state index contributed by atoms with van der Waals surface area (Å²) < 4.78 is 16.2. The highest BCUT2D eigenvalue weighted by molar-refractivity contribution is 6.16. The lowest BCUT2D eigenvalue weighted by molar-refractivity contribution is -0.147. The molecule has 1 spiro atoms. The Balaban J connectivity index is 2.34. The zero-order valence-electron chi connectivity index (χ0n) is 18.9. The lowest BCUT2D eigenvalue weighted by Crippen LogP contribution is -2.50. The highest BCUT2D eigenvalue weighted by Gasteiger charge is 2.63. The summed E-state index contributed by atoms with van der Waals surface area (Å²) in [5.74, 6) is -2.41. The van der Waals surface area contributed by atoms with Crippen LogP contribution in [0, 0.1) is 0 Å². The maximum atomic E-state index is 13.5. The predicted octanol–water partition coefficient (Wildman–Crippen LogP) is 3.00. The SMILES string of the molecule is C=CCOC(=O)C1=C(C)OC(=O)C12C(C(=O)OCCCC)=C(N)N(CC=C)c1ccccc12.